The third-order valence-corrected chi connectivity index (χ3v) is 6.13. The van der Waals surface area contributed by atoms with Gasteiger partial charge in [0.1, 0.15) is 22.6 Å². The summed E-state index contributed by atoms with van der Waals surface area (Å²) in [6, 6.07) is 27.4. The van der Waals surface area contributed by atoms with Crippen molar-refractivity contribution in [2.45, 2.75) is 6.54 Å². The molecule has 0 spiro atoms. The van der Waals surface area contributed by atoms with Crippen LogP contribution in [0.4, 0.5) is 0 Å². The van der Waals surface area contributed by atoms with Gasteiger partial charge in [-0.05, 0) is 36.4 Å². The molecule has 1 aliphatic heterocycles. The molecule has 146 valence electrons. The lowest BCUT2D eigenvalue weighted by atomic mass is 10.2. The highest BCUT2D eigenvalue weighted by Gasteiger charge is 2.38. The van der Waals surface area contributed by atoms with E-state index in [1.165, 1.54) is 16.5 Å². The van der Waals surface area contributed by atoms with E-state index in [0.29, 0.717) is 0 Å². The summed E-state index contributed by atoms with van der Waals surface area (Å²) in [6.07, 6.45) is 5.72. The highest BCUT2D eigenvalue weighted by Crippen LogP contribution is 2.38. The Labute approximate surface area is 178 Å². The molecule has 0 atom stereocenters. The number of rotatable bonds is 2. The van der Waals surface area contributed by atoms with E-state index in [2.05, 4.69) is 91.5 Å². The molecule has 0 saturated heterocycles. The van der Waals surface area contributed by atoms with Crippen LogP contribution in [-0.2, 0) is 6.54 Å². The zero-order valence-electron chi connectivity index (χ0n) is 16.7. The Kier molecular flexibility index (Phi) is 3.27. The summed E-state index contributed by atoms with van der Waals surface area (Å²) in [7, 11) is 0. The van der Waals surface area contributed by atoms with Crippen molar-refractivity contribution < 1.29 is 4.57 Å². The predicted molar refractivity (Wildman–Crippen MR) is 120 cm³/mol. The topological polar surface area (TPSA) is 39.5 Å². The summed E-state index contributed by atoms with van der Waals surface area (Å²) in [5.74, 6) is 1.12. The van der Waals surface area contributed by atoms with Crippen molar-refractivity contribution in [3.05, 3.63) is 103 Å². The normalized spacial score (nSPS) is 12.4. The van der Waals surface area contributed by atoms with E-state index in [4.69, 9.17) is 4.98 Å². The molecular weight excluding hydrogens is 382 g/mol. The minimum Gasteiger partial charge on any atom is -0.261 e. The predicted octanol–water partition coefficient (Wildman–Crippen LogP) is 4.68. The highest BCUT2D eigenvalue weighted by atomic mass is 15.3. The number of hydrogen-bond donors (Lipinski definition) is 0. The number of benzene rings is 2. The smallest absolute Gasteiger partial charge is 0.261 e. The van der Waals surface area contributed by atoms with Crippen molar-refractivity contribution in [3.63, 3.8) is 0 Å². The Hall–Kier alpha value is -4.25. The summed E-state index contributed by atoms with van der Waals surface area (Å²) in [5, 5.41) is 1.18. The second-order valence-corrected chi connectivity index (χ2v) is 7.83. The minimum absolute atomic E-state index is 0.797. The van der Waals surface area contributed by atoms with Gasteiger partial charge < -0.3 is 0 Å². The van der Waals surface area contributed by atoms with Crippen molar-refractivity contribution in [1.82, 2.24) is 19.1 Å². The van der Waals surface area contributed by atoms with Crippen LogP contribution in [0.15, 0.2) is 97.5 Å². The molecule has 0 N–H and O–H groups in total. The van der Waals surface area contributed by atoms with Crippen molar-refractivity contribution in [3.8, 4) is 22.9 Å². The van der Waals surface area contributed by atoms with Gasteiger partial charge in [0, 0.05) is 18.0 Å². The number of pyridine rings is 2. The standard InChI is InChI=1S/C26H18N5/c1-3-9-19(10-4-1)30-22-16-27-15-13-21(22)24-26(30)29-17-18-8-7-14-28-23(18)25(29)31(24)20-11-5-2-6-12-20/h1-16H,17H2/q+1. The molecule has 0 radical (unpaired) electrons. The third kappa shape index (κ3) is 2.17. The molecule has 0 amide bonds. The van der Waals surface area contributed by atoms with Crippen LogP contribution in [0.25, 0.3) is 45.0 Å². The molecule has 6 aromatic rings. The van der Waals surface area contributed by atoms with Gasteiger partial charge in [-0.2, -0.15) is 0 Å². The lowest BCUT2D eigenvalue weighted by Gasteiger charge is -2.04. The van der Waals surface area contributed by atoms with Crippen LogP contribution in [0.2, 0.25) is 0 Å². The molecule has 0 fully saturated rings. The minimum atomic E-state index is 0.797. The van der Waals surface area contributed by atoms with Crippen LogP contribution in [0.1, 0.15) is 5.56 Å². The number of hydrogen-bond acceptors (Lipinski definition) is 2. The number of imidazole rings is 1. The van der Waals surface area contributed by atoms with E-state index < -0.39 is 0 Å². The van der Waals surface area contributed by atoms with Crippen LogP contribution in [0.5, 0.6) is 0 Å². The highest BCUT2D eigenvalue weighted by molar-refractivity contribution is 6.06. The lowest BCUT2D eigenvalue weighted by Crippen LogP contribution is -2.33. The van der Waals surface area contributed by atoms with Crippen LogP contribution >= 0.6 is 0 Å². The van der Waals surface area contributed by atoms with Gasteiger partial charge in [0.05, 0.1) is 18.1 Å². The molecule has 2 aromatic carbocycles. The summed E-state index contributed by atoms with van der Waals surface area (Å²) >= 11 is 0. The number of fused-ring (bicyclic) bond motifs is 7. The summed E-state index contributed by atoms with van der Waals surface area (Å²) in [6.45, 7) is 0.797. The molecule has 31 heavy (non-hydrogen) atoms. The quantitative estimate of drug-likeness (QED) is 0.395. The van der Waals surface area contributed by atoms with Gasteiger partial charge >= 0.3 is 0 Å². The summed E-state index contributed by atoms with van der Waals surface area (Å²) in [4.78, 5) is 9.24. The second kappa shape index (κ2) is 6.12. The first-order valence-electron chi connectivity index (χ1n) is 10.4. The van der Waals surface area contributed by atoms with E-state index in [9.17, 15) is 0 Å². The molecule has 7 rings (SSSR count). The molecule has 0 bridgehead atoms. The molecule has 0 aliphatic carbocycles. The largest absolute Gasteiger partial charge is 0.275 e. The fourth-order valence-corrected chi connectivity index (χ4v) is 4.89. The molecule has 1 aliphatic rings. The monoisotopic (exact) mass is 400 g/mol. The van der Waals surface area contributed by atoms with Gasteiger partial charge in [-0.1, -0.05) is 42.5 Å². The first kappa shape index (κ1) is 16.5. The van der Waals surface area contributed by atoms with Crippen LogP contribution in [-0.4, -0.2) is 19.1 Å². The maximum absolute atomic E-state index is 4.78. The molecule has 4 aromatic heterocycles. The Morgan fingerprint density at radius 1 is 0.742 bits per heavy atom. The van der Waals surface area contributed by atoms with Gasteiger partial charge in [-0.15, -0.1) is 0 Å². The second-order valence-electron chi connectivity index (χ2n) is 7.83. The van der Waals surface area contributed by atoms with E-state index in [-0.39, 0.29) is 0 Å². The average molecular weight is 400 g/mol. The van der Waals surface area contributed by atoms with E-state index in [1.807, 2.05) is 24.7 Å². The number of nitrogens with zero attached hydrogens (tertiary/aromatic N) is 5. The van der Waals surface area contributed by atoms with E-state index in [1.54, 1.807) is 0 Å². The SMILES string of the molecule is c1ccc(-n2c3[n+](c4c2c2ccncc2n4-c2ccccc2)Cc2cccnc2-3)cc1. The molecule has 0 saturated carbocycles. The van der Waals surface area contributed by atoms with Crippen LogP contribution in [0.3, 0.4) is 0 Å². The molecule has 5 heteroatoms. The third-order valence-electron chi connectivity index (χ3n) is 6.13. The lowest BCUT2D eigenvalue weighted by molar-refractivity contribution is -0.648. The summed E-state index contributed by atoms with van der Waals surface area (Å²) in [5.41, 5.74) is 7.98. The van der Waals surface area contributed by atoms with Crippen LogP contribution in [0, 0.1) is 0 Å². The molecule has 5 heterocycles. The van der Waals surface area contributed by atoms with Gasteiger partial charge in [-0.3, -0.25) is 4.98 Å². The fraction of sp³-hybridized carbons (Fsp3) is 0.0385. The number of para-hydroxylation sites is 2. The Morgan fingerprint density at radius 2 is 1.48 bits per heavy atom. The first-order chi connectivity index (χ1) is 15.4. The molecule has 5 nitrogen and oxygen atoms in total. The zero-order valence-corrected chi connectivity index (χ0v) is 16.7. The number of aromatic nitrogens is 5. The zero-order chi connectivity index (χ0) is 20.4. The fourth-order valence-electron chi connectivity index (χ4n) is 4.89. The Balaban J connectivity index is 1.73. The molecular formula is C26H18N5+. The van der Waals surface area contributed by atoms with Crippen LogP contribution < -0.4 is 4.57 Å². The van der Waals surface area contributed by atoms with Crippen molar-refractivity contribution >= 4 is 22.1 Å². The first-order valence-corrected chi connectivity index (χ1v) is 10.4. The molecule has 0 unspecified atom stereocenters. The van der Waals surface area contributed by atoms with Crippen molar-refractivity contribution in [1.29, 1.82) is 0 Å². The summed E-state index contributed by atoms with van der Waals surface area (Å²) < 4.78 is 7.08. The Morgan fingerprint density at radius 3 is 2.26 bits per heavy atom. The maximum Gasteiger partial charge on any atom is 0.275 e. The average Bonchev–Trinajstić information content (AvgIpc) is 3.47. The van der Waals surface area contributed by atoms with Gasteiger partial charge in [0.15, 0.2) is 5.52 Å². The van der Waals surface area contributed by atoms with E-state index in [0.717, 1.165) is 40.6 Å². The van der Waals surface area contributed by atoms with E-state index >= 15 is 0 Å². The van der Waals surface area contributed by atoms with Crippen molar-refractivity contribution in [2.24, 2.45) is 0 Å². The van der Waals surface area contributed by atoms with Crippen molar-refractivity contribution in [2.75, 3.05) is 0 Å². The van der Waals surface area contributed by atoms with Gasteiger partial charge in [-0.25, -0.2) is 18.7 Å². The Bertz CT molecular complexity index is 1590. The maximum atomic E-state index is 4.78. The van der Waals surface area contributed by atoms with Gasteiger partial charge in [0.2, 0.25) is 0 Å². The van der Waals surface area contributed by atoms with Gasteiger partial charge in [0.25, 0.3) is 11.5 Å².